The van der Waals surface area contributed by atoms with Gasteiger partial charge in [-0.05, 0) is 49.4 Å². The molecule has 1 aromatic carbocycles. The molecule has 4 heterocycles. The number of benzene rings is 1. The Morgan fingerprint density at radius 2 is 1.87 bits per heavy atom. The number of halogens is 3. The number of fused-ring (bicyclic) bond motifs is 1. The van der Waals surface area contributed by atoms with Gasteiger partial charge in [0, 0.05) is 38.8 Å². The van der Waals surface area contributed by atoms with Gasteiger partial charge in [-0.2, -0.15) is 18.4 Å². The number of morpholine rings is 1. The number of piperidine rings is 1. The number of aromatic nitrogens is 3. The van der Waals surface area contributed by atoms with E-state index >= 15 is 0 Å². The van der Waals surface area contributed by atoms with E-state index in [1.807, 2.05) is 11.0 Å². The van der Waals surface area contributed by atoms with Crippen molar-refractivity contribution < 1.29 is 27.4 Å². The number of carbonyl (C=O) groups excluding carboxylic acids is 1. The molecule has 2 aromatic heterocycles. The van der Waals surface area contributed by atoms with Crippen LogP contribution < -0.4 is 4.74 Å². The van der Waals surface area contributed by atoms with E-state index in [2.05, 4.69) is 9.97 Å². The fourth-order valence-corrected chi connectivity index (χ4v) is 5.09. The summed E-state index contributed by atoms with van der Waals surface area (Å²) in [6.45, 7) is 3.70. The number of amides is 2. The number of rotatable bonds is 5. The highest BCUT2D eigenvalue weighted by atomic mass is 19.4. The van der Waals surface area contributed by atoms with Crippen molar-refractivity contribution in [2.45, 2.75) is 25.4 Å². The maximum absolute atomic E-state index is 14.0. The number of ether oxygens (including phenoxy) is 2. The number of likely N-dealkylation sites (tertiary alicyclic amines) is 1. The molecule has 9 nitrogen and oxygen atoms in total. The summed E-state index contributed by atoms with van der Waals surface area (Å²) in [7, 11) is 1.74. The highest BCUT2D eigenvalue weighted by Crippen LogP contribution is 2.39. The standard InChI is InChI=1S/C27H29F3N6O3/c1-34-17-32-25-22(16-31)33-21(15-23(25)34)19-2-3-24(20(14-19)27(28,29)30)39-11-6-18-4-7-35(8-5-18)26(37)36-9-12-38-13-10-36/h2-3,14-15,17-18H,4-13H2,1H3. The van der Waals surface area contributed by atoms with Gasteiger partial charge in [0.15, 0.2) is 5.69 Å². The van der Waals surface area contributed by atoms with Crippen LogP contribution in [-0.2, 0) is 18.0 Å². The number of aryl methyl sites for hydroxylation is 1. The Balaban J connectivity index is 1.23. The first-order chi connectivity index (χ1) is 18.7. The van der Waals surface area contributed by atoms with Gasteiger partial charge >= 0.3 is 12.2 Å². The molecule has 39 heavy (non-hydrogen) atoms. The van der Waals surface area contributed by atoms with Gasteiger partial charge < -0.3 is 23.8 Å². The summed E-state index contributed by atoms with van der Waals surface area (Å²) in [5, 5.41) is 9.46. The minimum Gasteiger partial charge on any atom is -0.493 e. The average Bonchev–Trinajstić information content (AvgIpc) is 3.33. The van der Waals surface area contributed by atoms with Crippen LogP contribution in [0.5, 0.6) is 5.75 Å². The van der Waals surface area contributed by atoms with Crippen molar-refractivity contribution in [2.24, 2.45) is 13.0 Å². The van der Waals surface area contributed by atoms with Crippen LogP contribution >= 0.6 is 0 Å². The van der Waals surface area contributed by atoms with Gasteiger partial charge in [-0.25, -0.2) is 14.8 Å². The van der Waals surface area contributed by atoms with Crippen LogP contribution in [0.25, 0.3) is 22.3 Å². The molecule has 206 valence electrons. The molecule has 2 saturated heterocycles. The number of urea groups is 1. The van der Waals surface area contributed by atoms with Crippen LogP contribution in [0.3, 0.4) is 0 Å². The first-order valence-electron chi connectivity index (χ1n) is 12.9. The van der Waals surface area contributed by atoms with Gasteiger partial charge in [0.05, 0.1) is 42.9 Å². The third-order valence-corrected chi connectivity index (χ3v) is 7.35. The Labute approximate surface area is 223 Å². The Bertz CT molecular complexity index is 1390. The van der Waals surface area contributed by atoms with Crippen molar-refractivity contribution in [2.75, 3.05) is 46.0 Å². The maximum atomic E-state index is 14.0. The maximum Gasteiger partial charge on any atom is 0.419 e. The van der Waals surface area contributed by atoms with Crippen LogP contribution in [0, 0.1) is 17.2 Å². The Morgan fingerprint density at radius 3 is 2.56 bits per heavy atom. The lowest BCUT2D eigenvalue weighted by Gasteiger charge is -2.37. The minimum atomic E-state index is -4.63. The number of hydrogen-bond acceptors (Lipinski definition) is 6. The van der Waals surface area contributed by atoms with E-state index in [0.717, 1.165) is 18.9 Å². The zero-order valence-corrected chi connectivity index (χ0v) is 21.6. The monoisotopic (exact) mass is 542 g/mol. The lowest BCUT2D eigenvalue weighted by molar-refractivity contribution is -0.138. The second kappa shape index (κ2) is 11.1. The Kier molecular flexibility index (Phi) is 7.61. The molecule has 0 atom stereocenters. The van der Waals surface area contributed by atoms with E-state index in [9.17, 15) is 23.2 Å². The molecule has 2 aliphatic heterocycles. The second-order valence-corrected chi connectivity index (χ2v) is 9.85. The molecule has 3 aromatic rings. The van der Waals surface area contributed by atoms with Gasteiger partial charge in [0.25, 0.3) is 0 Å². The normalized spacial score (nSPS) is 16.9. The fraction of sp³-hybridized carbons (Fsp3) is 0.481. The molecule has 12 heteroatoms. The number of carbonyl (C=O) groups is 1. The number of hydrogen-bond donors (Lipinski definition) is 0. The molecule has 0 radical (unpaired) electrons. The quantitative estimate of drug-likeness (QED) is 0.473. The van der Waals surface area contributed by atoms with Crippen molar-refractivity contribution in [1.82, 2.24) is 24.3 Å². The fourth-order valence-electron chi connectivity index (χ4n) is 5.09. The molecular formula is C27H29F3N6O3. The van der Waals surface area contributed by atoms with E-state index in [-0.39, 0.29) is 41.3 Å². The molecule has 0 N–H and O–H groups in total. The van der Waals surface area contributed by atoms with Gasteiger partial charge in [0.1, 0.15) is 17.3 Å². The van der Waals surface area contributed by atoms with Crippen LogP contribution in [0.4, 0.5) is 18.0 Å². The van der Waals surface area contributed by atoms with E-state index in [0.29, 0.717) is 56.8 Å². The van der Waals surface area contributed by atoms with E-state index in [1.54, 1.807) is 22.6 Å². The lowest BCUT2D eigenvalue weighted by atomic mass is 9.94. The lowest BCUT2D eigenvalue weighted by Crippen LogP contribution is -2.50. The predicted molar refractivity (Wildman–Crippen MR) is 136 cm³/mol. The largest absolute Gasteiger partial charge is 0.493 e. The molecule has 0 bridgehead atoms. The van der Waals surface area contributed by atoms with Gasteiger partial charge in [0.2, 0.25) is 0 Å². The van der Waals surface area contributed by atoms with Crippen LogP contribution in [0.1, 0.15) is 30.5 Å². The number of imidazole rings is 1. The van der Waals surface area contributed by atoms with Crippen LogP contribution in [-0.4, -0.2) is 76.4 Å². The average molecular weight is 543 g/mol. The molecule has 5 rings (SSSR count). The summed E-state index contributed by atoms with van der Waals surface area (Å²) in [5.41, 5.74) is 0.634. The number of alkyl halides is 3. The van der Waals surface area contributed by atoms with Crippen molar-refractivity contribution in [1.29, 1.82) is 5.26 Å². The first-order valence-corrected chi connectivity index (χ1v) is 12.9. The van der Waals surface area contributed by atoms with E-state index in [1.165, 1.54) is 18.5 Å². The summed E-state index contributed by atoms with van der Waals surface area (Å²) in [6, 6.07) is 7.46. The Morgan fingerprint density at radius 1 is 1.15 bits per heavy atom. The molecule has 0 unspecified atom stereocenters. The summed E-state index contributed by atoms with van der Waals surface area (Å²) in [4.78, 5) is 24.7. The summed E-state index contributed by atoms with van der Waals surface area (Å²) < 4.78 is 54.6. The van der Waals surface area contributed by atoms with Crippen molar-refractivity contribution >= 4 is 17.1 Å². The molecule has 2 aliphatic rings. The zero-order valence-electron chi connectivity index (χ0n) is 21.6. The minimum absolute atomic E-state index is 0.0295. The second-order valence-electron chi connectivity index (χ2n) is 9.85. The third kappa shape index (κ3) is 5.78. The van der Waals surface area contributed by atoms with Crippen molar-refractivity contribution in [3.05, 3.63) is 41.9 Å². The predicted octanol–water partition coefficient (Wildman–Crippen LogP) is 4.46. The van der Waals surface area contributed by atoms with Gasteiger partial charge in [-0.1, -0.05) is 0 Å². The number of pyridine rings is 1. The van der Waals surface area contributed by atoms with Crippen LogP contribution in [0.2, 0.25) is 0 Å². The topological polar surface area (TPSA) is 96.5 Å². The number of nitrogens with zero attached hydrogens (tertiary/aromatic N) is 6. The molecule has 0 saturated carbocycles. The van der Waals surface area contributed by atoms with Gasteiger partial charge in [-0.15, -0.1) is 0 Å². The molecule has 0 aliphatic carbocycles. The highest BCUT2D eigenvalue weighted by molar-refractivity contribution is 5.84. The first kappa shape index (κ1) is 26.7. The van der Waals surface area contributed by atoms with Crippen LogP contribution in [0.15, 0.2) is 30.6 Å². The van der Waals surface area contributed by atoms with Crippen molar-refractivity contribution in [3.8, 4) is 23.1 Å². The van der Waals surface area contributed by atoms with Crippen molar-refractivity contribution in [3.63, 3.8) is 0 Å². The summed E-state index contributed by atoms with van der Waals surface area (Å²) in [6.07, 6.45) is -0.934. The molecule has 2 amide bonds. The zero-order chi connectivity index (χ0) is 27.6. The van der Waals surface area contributed by atoms with Gasteiger partial charge in [-0.3, -0.25) is 0 Å². The third-order valence-electron chi connectivity index (χ3n) is 7.35. The summed E-state index contributed by atoms with van der Waals surface area (Å²) >= 11 is 0. The number of nitriles is 1. The highest BCUT2D eigenvalue weighted by Gasteiger charge is 2.35. The molecular weight excluding hydrogens is 513 g/mol. The SMILES string of the molecule is Cn1cnc2c(C#N)nc(-c3ccc(OCCC4CCN(C(=O)N5CCOCC5)CC4)c(C(F)(F)F)c3)cc21. The molecule has 0 spiro atoms. The Hall–Kier alpha value is -3.85. The van der Waals surface area contributed by atoms with E-state index < -0.39 is 11.7 Å². The smallest absolute Gasteiger partial charge is 0.419 e. The van der Waals surface area contributed by atoms with E-state index in [4.69, 9.17) is 9.47 Å². The summed E-state index contributed by atoms with van der Waals surface area (Å²) in [5.74, 6) is 0.0277. The molecule has 2 fully saturated rings.